The minimum Gasteiger partial charge on any atom is -0.461 e. The molecule has 2 amide bonds. The molecule has 0 bridgehead atoms. The molecule has 0 aromatic rings. The van der Waals surface area contributed by atoms with Gasteiger partial charge in [0.1, 0.15) is 12.2 Å². The Bertz CT molecular complexity index is 728. The fraction of sp³-hybridized carbons (Fsp3) is 0.857. The number of ether oxygens (including phenoxy) is 2. The molecule has 216 valence electrons. The Morgan fingerprint density at radius 2 is 1.00 bits per heavy atom. The van der Waals surface area contributed by atoms with Crippen molar-refractivity contribution in [1.82, 2.24) is 10.6 Å². The number of hydrogen-bond acceptors (Lipinski definition) is 8. The van der Waals surface area contributed by atoms with Crippen molar-refractivity contribution in [3.05, 3.63) is 0 Å². The summed E-state index contributed by atoms with van der Waals surface area (Å²) in [6, 6.07) is -2.29. The van der Waals surface area contributed by atoms with Gasteiger partial charge in [-0.1, -0.05) is 32.1 Å². The zero-order valence-corrected chi connectivity index (χ0v) is 22.6. The highest BCUT2D eigenvalue weighted by molar-refractivity contribution is 5.87. The zero-order valence-electron chi connectivity index (χ0n) is 22.6. The van der Waals surface area contributed by atoms with Crippen molar-refractivity contribution in [3.63, 3.8) is 0 Å². The Labute approximate surface area is 225 Å². The number of esters is 2. The van der Waals surface area contributed by atoms with Crippen LogP contribution in [0, 0.1) is 5.41 Å². The minimum atomic E-state index is -1.15. The van der Waals surface area contributed by atoms with Gasteiger partial charge in [-0.25, -0.2) is 9.59 Å². The molecule has 10 heteroatoms. The third-order valence-corrected chi connectivity index (χ3v) is 8.26. The highest BCUT2D eigenvalue weighted by Crippen LogP contribution is 2.42. The van der Waals surface area contributed by atoms with Crippen LogP contribution in [0.25, 0.3) is 0 Å². The van der Waals surface area contributed by atoms with E-state index in [2.05, 4.69) is 10.6 Å². The second kappa shape index (κ2) is 15.4. The first-order valence-corrected chi connectivity index (χ1v) is 14.6. The Hall–Kier alpha value is -2.20. The topological polar surface area (TPSA) is 151 Å². The highest BCUT2D eigenvalue weighted by Gasteiger charge is 2.38. The summed E-state index contributed by atoms with van der Waals surface area (Å²) in [6.45, 7) is -1.13. The lowest BCUT2D eigenvalue weighted by atomic mass is 9.69. The van der Waals surface area contributed by atoms with Crippen molar-refractivity contribution in [1.29, 1.82) is 0 Å². The van der Waals surface area contributed by atoms with Crippen molar-refractivity contribution >= 4 is 23.8 Å². The van der Waals surface area contributed by atoms with E-state index in [4.69, 9.17) is 9.47 Å². The SMILES string of the molecule is O=C(CC1(CC(=O)N[C@H](CO)C(=O)OC2CCCCC2)CCCCC1)N[C@H](CO)C(=O)OC1CCCCC1. The van der Waals surface area contributed by atoms with Crippen LogP contribution in [-0.4, -0.2) is 71.5 Å². The molecule has 0 aliphatic heterocycles. The summed E-state index contributed by atoms with van der Waals surface area (Å²) in [4.78, 5) is 51.1. The number of carbonyl (C=O) groups excluding carboxylic acids is 4. The van der Waals surface area contributed by atoms with E-state index in [1.165, 1.54) is 0 Å². The normalized spacial score (nSPS) is 22.1. The molecule has 4 N–H and O–H groups in total. The molecule has 0 saturated heterocycles. The molecule has 3 aliphatic carbocycles. The summed E-state index contributed by atoms with van der Waals surface area (Å²) < 4.78 is 11.0. The monoisotopic (exact) mass is 538 g/mol. The van der Waals surface area contributed by atoms with Crippen molar-refractivity contribution in [3.8, 4) is 0 Å². The summed E-state index contributed by atoms with van der Waals surface area (Å²) in [5, 5.41) is 24.7. The van der Waals surface area contributed by atoms with Crippen LogP contribution in [0.5, 0.6) is 0 Å². The number of aliphatic hydroxyl groups is 2. The largest absolute Gasteiger partial charge is 0.461 e. The van der Waals surface area contributed by atoms with E-state index in [-0.39, 0.29) is 25.0 Å². The van der Waals surface area contributed by atoms with Gasteiger partial charge in [-0.05, 0) is 69.6 Å². The van der Waals surface area contributed by atoms with Crippen LogP contribution in [0.15, 0.2) is 0 Å². The lowest BCUT2D eigenvalue weighted by molar-refractivity contribution is -0.156. The van der Waals surface area contributed by atoms with Gasteiger partial charge in [0.25, 0.3) is 0 Å². The van der Waals surface area contributed by atoms with E-state index in [0.29, 0.717) is 12.8 Å². The molecule has 3 fully saturated rings. The molecule has 3 aliphatic rings. The molecular weight excluding hydrogens is 492 g/mol. The number of hydrogen-bond donors (Lipinski definition) is 4. The second-order valence-electron chi connectivity index (χ2n) is 11.4. The molecule has 2 atom stereocenters. The Balaban J connectivity index is 1.54. The van der Waals surface area contributed by atoms with Crippen molar-refractivity contribution in [2.45, 2.75) is 133 Å². The minimum absolute atomic E-state index is 0.0178. The first-order valence-electron chi connectivity index (χ1n) is 14.6. The lowest BCUT2D eigenvalue weighted by Crippen LogP contribution is -2.49. The summed E-state index contributed by atoms with van der Waals surface area (Å²) >= 11 is 0. The Morgan fingerprint density at radius 1 is 0.632 bits per heavy atom. The number of aliphatic hydroxyl groups excluding tert-OH is 2. The van der Waals surface area contributed by atoms with E-state index < -0.39 is 54.5 Å². The standard InChI is InChI=1S/C28H46N2O8/c31-18-22(26(35)37-20-10-4-1-5-11-20)29-24(33)16-28(14-8-3-9-15-28)17-25(34)30-23(19-32)27(36)38-21-12-6-2-7-13-21/h20-23,31-32H,1-19H2,(H,29,33)(H,30,34)/t22-,23-/m1/s1. The van der Waals surface area contributed by atoms with Gasteiger partial charge in [-0.3, -0.25) is 9.59 Å². The van der Waals surface area contributed by atoms with Crippen LogP contribution in [-0.2, 0) is 28.7 Å². The molecule has 0 aromatic carbocycles. The lowest BCUT2D eigenvalue weighted by Gasteiger charge is -2.37. The maximum atomic E-state index is 13.0. The van der Waals surface area contributed by atoms with Gasteiger partial charge in [0.15, 0.2) is 12.1 Å². The van der Waals surface area contributed by atoms with E-state index in [9.17, 15) is 29.4 Å². The molecule has 0 heterocycles. The van der Waals surface area contributed by atoms with Crippen LogP contribution in [0.3, 0.4) is 0 Å². The summed E-state index contributed by atoms with van der Waals surface area (Å²) in [5.74, 6) is -2.11. The molecule has 0 radical (unpaired) electrons. The van der Waals surface area contributed by atoms with Crippen LogP contribution in [0.1, 0.15) is 109 Å². The van der Waals surface area contributed by atoms with Crippen molar-refractivity contribution in [2.24, 2.45) is 5.41 Å². The van der Waals surface area contributed by atoms with E-state index in [0.717, 1.165) is 83.5 Å². The van der Waals surface area contributed by atoms with E-state index >= 15 is 0 Å². The van der Waals surface area contributed by atoms with E-state index in [1.54, 1.807) is 0 Å². The molecule has 3 rings (SSSR count). The summed E-state index contributed by atoms with van der Waals surface area (Å²) in [5.41, 5.74) is -0.632. The first kappa shape index (κ1) is 30.3. The van der Waals surface area contributed by atoms with Gasteiger partial charge in [0.05, 0.1) is 13.2 Å². The number of amides is 2. The van der Waals surface area contributed by atoms with Crippen LogP contribution < -0.4 is 10.6 Å². The third-order valence-electron chi connectivity index (χ3n) is 8.26. The van der Waals surface area contributed by atoms with Crippen LogP contribution >= 0.6 is 0 Å². The fourth-order valence-corrected chi connectivity index (χ4v) is 6.11. The average molecular weight is 539 g/mol. The molecule has 0 unspecified atom stereocenters. The van der Waals surface area contributed by atoms with E-state index in [1.807, 2.05) is 0 Å². The van der Waals surface area contributed by atoms with Gasteiger partial charge in [-0.2, -0.15) is 0 Å². The smallest absolute Gasteiger partial charge is 0.331 e. The van der Waals surface area contributed by atoms with Gasteiger partial charge in [0.2, 0.25) is 11.8 Å². The van der Waals surface area contributed by atoms with Crippen molar-refractivity contribution in [2.75, 3.05) is 13.2 Å². The molecule has 0 spiro atoms. The molecular formula is C28H46N2O8. The third kappa shape index (κ3) is 9.52. The molecule has 0 aromatic heterocycles. The van der Waals surface area contributed by atoms with Crippen LogP contribution in [0.2, 0.25) is 0 Å². The number of nitrogens with one attached hydrogen (secondary N) is 2. The van der Waals surface area contributed by atoms with Gasteiger partial charge in [0, 0.05) is 12.8 Å². The zero-order chi connectivity index (χ0) is 27.4. The molecule has 38 heavy (non-hydrogen) atoms. The maximum Gasteiger partial charge on any atom is 0.331 e. The molecule has 3 saturated carbocycles. The predicted octanol–water partition coefficient (Wildman–Crippen LogP) is 2.42. The fourth-order valence-electron chi connectivity index (χ4n) is 6.11. The molecule has 10 nitrogen and oxygen atoms in total. The Morgan fingerprint density at radius 3 is 1.37 bits per heavy atom. The summed E-state index contributed by atoms with van der Waals surface area (Å²) in [7, 11) is 0. The summed E-state index contributed by atoms with van der Waals surface area (Å²) in [6.07, 6.45) is 13.1. The maximum absolute atomic E-state index is 13.0. The quantitative estimate of drug-likeness (QED) is 0.277. The van der Waals surface area contributed by atoms with Gasteiger partial charge in [-0.15, -0.1) is 0 Å². The van der Waals surface area contributed by atoms with Gasteiger partial charge >= 0.3 is 11.9 Å². The number of rotatable bonds is 12. The first-order chi connectivity index (χ1) is 18.3. The van der Waals surface area contributed by atoms with Crippen LogP contribution in [0.4, 0.5) is 0 Å². The Kier molecular flexibility index (Phi) is 12.3. The predicted molar refractivity (Wildman–Crippen MR) is 139 cm³/mol. The second-order valence-corrected chi connectivity index (χ2v) is 11.4. The average Bonchev–Trinajstić information content (AvgIpc) is 2.91. The number of carbonyl (C=O) groups is 4. The highest BCUT2D eigenvalue weighted by atomic mass is 16.6. The van der Waals surface area contributed by atoms with Gasteiger partial charge < -0.3 is 30.3 Å². The van der Waals surface area contributed by atoms with Crippen molar-refractivity contribution < 1.29 is 38.9 Å².